The van der Waals surface area contributed by atoms with Crippen molar-refractivity contribution in [3.8, 4) is 0 Å². The molecule has 2 aromatic rings. The molecule has 0 atom stereocenters. The molecule has 0 spiro atoms. The van der Waals surface area contributed by atoms with E-state index in [4.69, 9.17) is 0 Å². The van der Waals surface area contributed by atoms with E-state index in [1.54, 1.807) is 6.07 Å². The molecule has 0 radical (unpaired) electrons. The fourth-order valence-electron chi connectivity index (χ4n) is 1.71. The van der Waals surface area contributed by atoms with Gasteiger partial charge < -0.3 is 5.32 Å². The monoisotopic (exact) mass is 243 g/mol. The first-order chi connectivity index (χ1) is 8.56. The van der Waals surface area contributed by atoms with Crippen LogP contribution in [-0.2, 0) is 0 Å². The Balaban J connectivity index is 2.14. The molecule has 2 N–H and O–H groups in total. The third kappa shape index (κ3) is 2.77. The van der Waals surface area contributed by atoms with E-state index in [1.165, 1.54) is 5.56 Å². The fraction of sp³-hybridized carbons (Fsp3) is 0.286. The molecule has 4 nitrogen and oxygen atoms in total. The summed E-state index contributed by atoms with van der Waals surface area (Å²) in [6, 6.07) is 9.59. The van der Waals surface area contributed by atoms with Crippen molar-refractivity contribution in [1.29, 1.82) is 0 Å². The van der Waals surface area contributed by atoms with Gasteiger partial charge >= 0.3 is 0 Å². The maximum atomic E-state index is 11.9. The largest absolute Gasteiger partial charge is 0.321 e. The summed E-state index contributed by atoms with van der Waals surface area (Å²) < 4.78 is 0. The molecule has 94 valence electrons. The van der Waals surface area contributed by atoms with Gasteiger partial charge in [-0.3, -0.25) is 9.89 Å². The van der Waals surface area contributed by atoms with Gasteiger partial charge in [-0.05, 0) is 36.6 Å². The zero-order valence-electron chi connectivity index (χ0n) is 10.8. The molecule has 0 saturated heterocycles. The van der Waals surface area contributed by atoms with Crippen molar-refractivity contribution in [2.75, 3.05) is 5.32 Å². The topological polar surface area (TPSA) is 57.8 Å². The molecule has 1 heterocycles. The number of H-pyrrole nitrogens is 1. The number of rotatable bonds is 3. The molecule has 18 heavy (non-hydrogen) atoms. The van der Waals surface area contributed by atoms with Crippen LogP contribution in [0, 0.1) is 6.92 Å². The summed E-state index contributed by atoms with van der Waals surface area (Å²) in [6.45, 7) is 6.11. The first kappa shape index (κ1) is 12.4. The van der Waals surface area contributed by atoms with Gasteiger partial charge in [-0.1, -0.05) is 26.0 Å². The number of aromatic nitrogens is 2. The van der Waals surface area contributed by atoms with Crippen molar-refractivity contribution >= 4 is 11.6 Å². The van der Waals surface area contributed by atoms with Crippen LogP contribution in [0.3, 0.4) is 0 Å². The molecule has 0 aliphatic carbocycles. The number of carbonyl (C=O) groups is 1. The van der Waals surface area contributed by atoms with Gasteiger partial charge in [0.2, 0.25) is 0 Å². The maximum absolute atomic E-state index is 11.9. The highest BCUT2D eigenvalue weighted by Crippen LogP contribution is 2.18. The minimum Gasteiger partial charge on any atom is -0.321 e. The van der Waals surface area contributed by atoms with Gasteiger partial charge in [0, 0.05) is 11.4 Å². The number of nitrogens with one attached hydrogen (secondary N) is 2. The zero-order chi connectivity index (χ0) is 13.1. The number of nitrogens with zero attached hydrogens (tertiary/aromatic N) is 1. The second kappa shape index (κ2) is 5.04. The van der Waals surface area contributed by atoms with Crippen LogP contribution in [-0.4, -0.2) is 16.1 Å². The predicted octanol–water partition coefficient (Wildman–Crippen LogP) is 3.09. The normalized spacial score (nSPS) is 10.7. The molecule has 4 heteroatoms. The third-order valence-corrected chi connectivity index (χ3v) is 2.75. The maximum Gasteiger partial charge on any atom is 0.276 e. The standard InChI is InChI=1S/C14H17N3O/c1-9(2)11-5-4-6-12(8-11)15-14(18)13-7-10(3)16-17-13/h4-9H,1-3H3,(H,15,18)(H,16,17). The van der Waals surface area contributed by atoms with Crippen molar-refractivity contribution < 1.29 is 4.79 Å². The molecule has 0 aliphatic heterocycles. The lowest BCUT2D eigenvalue weighted by atomic mass is 10.0. The van der Waals surface area contributed by atoms with Gasteiger partial charge in [0.15, 0.2) is 5.69 Å². The summed E-state index contributed by atoms with van der Waals surface area (Å²) in [5, 5.41) is 9.53. The van der Waals surface area contributed by atoms with Gasteiger partial charge in [-0.25, -0.2) is 0 Å². The molecule has 0 bridgehead atoms. The van der Waals surface area contributed by atoms with Gasteiger partial charge in [0.1, 0.15) is 0 Å². The molecule has 0 unspecified atom stereocenters. The number of hydrogen-bond donors (Lipinski definition) is 2. The number of amides is 1. The van der Waals surface area contributed by atoms with Crippen LogP contribution in [0.5, 0.6) is 0 Å². The average Bonchev–Trinajstić information content (AvgIpc) is 2.76. The Bertz CT molecular complexity index is 558. The number of aromatic amines is 1. The van der Waals surface area contributed by atoms with Crippen LogP contribution >= 0.6 is 0 Å². The highest BCUT2D eigenvalue weighted by Gasteiger charge is 2.09. The molecule has 2 rings (SSSR count). The van der Waals surface area contributed by atoms with E-state index in [9.17, 15) is 4.79 Å². The molecule has 0 aliphatic rings. The summed E-state index contributed by atoms with van der Waals surface area (Å²) in [5.41, 5.74) is 3.27. The highest BCUT2D eigenvalue weighted by atomic mass is 16.1. The number of hydrogen-bond acceptors (Lipinski definition) is 2. The van der Waals surface area contributed by atoms with Crippen molar-refractivity contribution in [3.05, 3.63) is 47.3 Å². The molecular weight excluding hydrogens is 226 g/mol. The second-order valence-corrected chi connectivity index (χ2v) is 4.67. The smallest absolute Gasteiger partial charge is 0.276 e. The minimum absolute atomic E-state index is 0.194. The third-order valence-electron chi connectivity index (χ3n) is 2.75. The van der Waals surface area contributed by atoms with Crippen molar-refractivity contribution in [1.82, 2.24) is 10.2 Å². The molecule has 1 amide bonds. The SMILES string of the molecule is Cc1cc(C(=O)Nc2cccc(C(C)C)c2)n[nH]1. The average molecular weight is 243 g/mol. The summed E-state index contributed by atoms with van der Waals surface area (Å²) in [5.74, 6) is 0.245. The summed E-state index contributed by atoms with van der Waals surface area (Å²) in [4.78, 5) is 11.9. The Morgan fingerprint density at radius 2 is 2.11 bits per heavy atom. The highest BCUT2D eigenvalue weighted by molar-refractivity contribution is 6.02. The Kier molecular flexibility index (Phi) is 3.46. The molecule has 1 aromatic carbocycles. The Morgan fingerprint density at radius 3 is 2.72 bits per heavy atom. The van der Waals surface area contributed by atoms with Crippen LogP contribution in [0.4, 0.5) is 5.69 Å². The van der Waals surface area contributed by atoms with E-state index < -0.39 is 0 Å². The molecule has 1 aromatic heterocycles. The number of anilines is 1. The van der Waals surface area contributed by atoms with Crippen LogP contribution in [0.1, 0.15) is 41.5 Å². The lowest BCUT2D eigenvalue weighted by molar-refractivity contribution is 0.102. The van der Waals surface area contributed by atoms with Gasteiger partial charge in [0.05, 0.1) is 0 Å². The van der Waals surface area contributed by atoms with E-state index in [0.717, 1.165) is 11.4 Å². The Labute approximate surface area is 106 Å². The van der Waals surface area contributed by atoms with Crippen LogP contribution in [0.25, 0.3) is 0 Å². The lowest BCUT2D eigenvalue weighted by Crippen LogP contribution is -2.12. The fourth-order valence-corrected chi connectivity index (χ4v) is 1.71. The Morgan fingerprint density at radius 1 is 1.33 bits per heavy atom. The number of benzene rings is 1. The lowest BCUT2D eigenvalue weighted by Gasteiger charge is -2.08. The zero-order valence-corrected chi connectivity index (χ0v) is 10.8. The number of carbonyl (C=O) groups excluding carboxylic acids is 1. The summed E-state index contributed by atoms with van der Waals surface area (Å²) >= 11 is 0. The summed E-state index contributed by atoms with van der Waals surface area (Å²) in [6.07, 6.45) is 0. The van der Waals surface area contributed by atoms with Gasteiger partial charge in [-0.15, -0.1) is 0 Å². The van der Waals surface area contributed by atoms with E-state index in [0.29, 0.717) is 11.6 Å². The van der Waals surface area contributed by atoms with Crippen LogP contribution in [0.15, 0.2) is 30.3 Å². The minimum atomic E-state index is -0.194. The molecule has 0 fully saturated rings. The van der Waals surface area contributed by atoms with E-state index in [2.05, 4.69) is 35.4 Å². The molecular formula is C14H17N3O. The second-order valence-electron chi connectivity index (χ2n) is 4.67. The van der Waals surface area contributed by atoms with Crippen molar-refractivity contribution in [3.63, 3.8) is 0 Å². The predicted molar refractivity (Wildman–Crippen MR) is 71.8 cm³/mol. The van der Waals surface area contributed by atoms with Crippen LogP contribution in [0.2, 0.25) is 0 Å². The van der Waals surface area contributed by atoms with Crippen molar-refractivity contribution in [2.24, 2.45) is 0 Å². The summed E-state index contributed by atoms with van der Waals surface area (Å²) in [7, 11) is 0. The first-order valence-electron chi connectivity index (χ1n) is 5.99. The van der Waals surface area contributed by atoms with E-state index in [1.807, 2.05) is 25.1 Å². The van der Waals surface area contributed by atoms with Crippen molar-refractivity contribution in [2.45, 2.75) is 26.7 Å². The molecule has 0 saturated carbocycles. The number of aryl methyl sites for hydroxylation is 1. The Hall–Kier alpha value is -2.10. The first-order valence-corrected chi connectivity index (χ1v) is 5.99. The van der Waals surface area contributed by atoms with E-state index in [-0.39, 0.29) is 5.91 Å². The van der Waals surface area contributed by atoms with Gasteiger partial charge in [-0.2, -0.15) is 5.10 Å². The quantitative estimate of drug-likeness (QED) is 0.870. The van der Waals surface area contributed by atoms with Gasteiger partial charge in [0.25, 0.3) is 5.91 Å². The van der Waals surface area contributed by atoms with Crippen LogP contribution < -0.4 is 5.32 Å². The van der Waals surface area contributed by atoms with E-state index >= 15 is 0 Å².